The SMILES string of the molecule is CN(Cc1ccccc1C(F)(F)F)C(=O)C1(c2ccccc2)CC1. The van der Waals surface area contributed by atoms with Gasteiger partial charge in [0.15, 0.2) is 0 Å². The van der Waals surface area contributed by atoms with Crippen LogP contribution in [-0.2, 0) is 22.9 Å². The van der Waals surface area contributed by atoms with E-state index >= 15 is 0 Å². The van der Waals surface area contributed by atoms with Gasteiger partial charge in [0, 0.05) is 13.6 Å². The summed E-state index contributed by atoms with van der Waals surface area (Å²) in [6.45, 7) is -0.0525. The van der Waals surface area contributed by atoms with Crippen molar-refractivity contribution < 1.29 is 18.0 Å². The third-order valence-corrected chi connectivity index (χ3v) is 4.56. The van der Waals surface area contributed by atoms with Crippen molar-refractivity contribution in [2.75, 3.05) is 7.05 Å². The van der Waals surface area contributed by atoms with Crippen LogP contribution in [0.2, 0.25) is 0 Å². The zero-order valence-electron chi connectivity index (χ0n) is 13.3. The van der Waals surface area contributed by atoms with E-state index in [-0.39, 0.29) is 18.0 Å². The summed E-state index contributed by atoms with van der Waals surface area (Å²) in [5, 5.41) is 0. The minimum absolute atomic E-state index is 0.0525. The van der Waals surface area contributed by atoms with Gasteiger partial charge in [0.25, 0.3) is 0 Å². The van der Waals surface area contributed by atoms with Gasteiger partial charge < -0.3 is 4.90 Å². The molecule has 5 heteroatoms. The van der Waals surface area contributed by atoms with Crippen LogP contribution in [0.3, 0.4) is 0 Å². The van der Waals surface area contributed by atoms with Crippen LogP contribution in [0.25, 0.3) is 0 Å². The predicted molar refractivity (Wildman–Crippen MR) is 85.3 cm³/mol. The molecule has 0 spiro atoms. The molecule has 0 atom stereocenters. The Bertz CT molecular complexity index is 736. The third kappa shape index (κ3) is 3.03. The second kappa shape index (κ2) is 5.96. The molecule has 0 bridgehead atoms. The molecule has 24 heavy (non-hydrogen) atoms. The normalized spacial score (nSPS) is 15.8. The third-order valence-electron chi connectivity index (χ3n) is 4.56. The summed E-state index contributed by atoms with van der Waals surface area (Å²) in [5.74, 6) is -0.120. The van der Waals surface area contributed by atoms with Gasteiger partial charge in [0.05, 0.1) is 11.0 Å². The van der Waals surface area contributed by atoms with Crippen LogP contribution in [0.4, 0.5) is 13.2 Å². The molecule has 0 aliphatic heterocycles. The van der Waals surface area contributed by atoms with Gasteiger partial charge in [-0.05, 0) is 30.0 Å². The van der Waals surface area contributed by atoms with E-state index in [0.29, 0.717) is 0 Å². The number of rotatable bonds is 4. The Morgan fingerprint density at radius 2 is 1.62 bits per heavy atom. The van der Waals surface area contributed by atoms with Crippen LogP contribution in [0.15, 0.2) is 54.6 Å². The molecule has 2 aromatic carbocycles. The number of hydrogen-bond acceptors (Lipinski definition) is 1. The van der Waals surface area contributed by atoms with E-state index in [1.54, 1.807) is 13.1 Å². The maximum absolute atomic E-state index is 13.1. The van der Waals surface area contributed by atoms with Gasteiger partial charge >= 0.3 is 6.18 Å². The molecule has 1 aliphatic carbocycles. The fourth-order valence-corrected chi connectivity index (χ4v) is 3.14. The molecule has 0 heterocycles. The van der Waals surface area contributed by atoms with E-state index in [0.717, 1.165) is 24.5 Å². The lowest BCUT2D eigenvalue weighted by atomic mass is 9.94. The van der Waals surface area contributed by atoms with Crippen LogP contribution in [0, 0.1) is 0 Å². The topological polar surface area (TPSA) is 20.3 Å². The number of carbonyl (C=O) groups is 1. The van der Waals surface area contributed by atoms with Gasteiger partial charge in [0.1, 0.15) is 0 Å². The predicted octanol–water partition coefficient (Wildman–Crippen LogP) is 4.40. The standard InChI is InChI=1S/C19H18F3NO/c1-23(13-14-7-5-6-10-16(14)19(20,21)22)17(24)18(11-12-18)15-8-3-2-4-9-15/h2-10H,11-13H2,1H3. The summed E-state index contributed by atoms with van der Waals surface area (Å²) in [7, 11) is 1.57. The second-order valence-electron chi connectivity index (χ2n) is 6.26. The Morgan fingerprint density at radius 3 is 2.21 bits per heavy atom. The summed E-state index contributed by atoms with van der Waals surface area (Å²) < 4.78 is 39.3. The Kier molecular flexibility index (Phi) is 4.11. The molecule has 0 N–H and O–H groups in total. The van der Waals surface area contributed by atoms with Crippen LogP contribution < -0.4 is 0 Å². The molecule has 3 rings (SSSR count). The Labute approximate surface area is 138 Å². The highest BCUT2D eigenvalue weighted by atomic mass is 19.4. The molecule has 1 aliphatic rings. The largest absolute Gasteiger partial charge is 0.416 e. The number of amides is 1. The van der Waals surface area contributed by atoms with Crippen molar-refractivity contribution in [3.05, 3.63) is 71.3 Å². The Morgan fingerprint density at radius 1 is 1.04 bits per heavy atom. The number of carbonyl (C=O) groups excluding carboxylic acids is 1. The van der Waals surface area contributed by atoms with Gasteiger partial charge in [-0.3, -0.25) is 4.79 Å². The zero-order valence-corrected chi connectivity index (χ0v) is 13.3. The fourth-order valence-electron chi connectivity index (χ4n) is 3.14. The van der Waals surface area contributed by atoms with Crippen molar-refractivity contribution in [3.63, 3.8) is 0 Å². The first-order valence-corrected chi connectivity index (χ1v) is 7.81. The van der Waals surface area contributed by atoms with E-state index in [1.807, 2.05) is 30.3 Å². The van der Waals surface area contributed by atoms with E-state index in [4.69, 9.17) is 0 Å². The van der Waals surface area contributed by atoms with Crippen LogP contribution in [0.1, 0.15) is 29.5 Å². The van der Waals surface area contributed by atoms with E-state index in [1.165, 1.54) is 17.0 Å². The number of hydrogen-bond donors (Lipinski definition) is 0. The van der Waals surface area contributed by atoms with Gasteiger partial charge in [-0.25, -0.2) is 0 Å². The monoisotopic (exact) mass is 333 g/mol. The van der Waals surface area contributed by atoms with Crippen molar-refractivity contribution in [2.45, 2.75) is 31.0 Å². The molecular weight excluding hydrogens is 315 g/mol. The molecule has 1 saturated carbocycles. The lowest BCUT2D eigenvalue weighted by Gasteiger charge is -2.25. The minimum atomic E-state index is -4.42. The summed E-state index contributed by atoms with van der Waals surface area (Å²) in [5.41, 5.74) is -0.201. The molecule has 0 aromatic heterocycles. The van der Waals surface area contributed by atoms with Crippen LogP contribution in [0.5, 0.6) is 0 Å². The Hall–Kier alpha value is -2.30. The number of alkyl halides is 3. The first kappa shape index (κ1) is 16.6. The molecule has 1 fully saturated rings. The average Bonchev–Trinajstić information content (AvgIpc) is 3.36. The average molecular weight is 333 g/mol. The lowest BCUT2D eigenvalue weighted by molar-refractivity contribution is -0.140. The number of benzene rings is 2. The summed E-state index contributed by atoms with van der Waals surface area (Å²) >= 11 is 0. The van der Waals surface area contributed by atoms with Gasteiger partial charge in [-0.2, -0.15) is 13.2 Å². The van der Waals surface area contributed by atoms with Crippen LogP contribution in [-0.4, -0.2) is 17.9 Å². The van der Waals surface area contributed by atoms with Crippen molar-refractivity contribution in [1.82, 2.24) is 4.90 Å². The number of halogens is 3. The summed E-state index contributed by atoms with van der Waals surface area (Å²) in [6, 6.07) is 14.8. The lowest BCUT2D eigenvalue weighted by Crippen LogP contribution is -2.36. The van der Waals surface area contributed by atoms with Crippen molar-refractivity contribution in [3.8, 4) is 0 Å². The molecule has 0 unspecified atom stereocenters. The maximum Gasteiger partial charge on any atom is 0.416 e. The van der Waals surface area contributed by atoms with Gasteiger partial charge in [-0.15, -0.1) is 0 Å². The first-order chi connectivity index (χ1) is 11.3. The Balaban J connectivity index is 1.82. The van der Waals surface area contributed by atoms with Crippen molar-refractivity contribution in [1.29, 1.82) is 0 Å². The molecule has 2 aromatic rings. The van der Waals surface area contributed by atoms with Gasteiger partial charge in [0.2, 0.25) is 5.91 Å². The molecule has 0 saturated heterocycles. The van der Waals surface area contributed by atoms with Crippen molar-refractivity contribution in [2.24, 2.45) is 0 Å². The maximum atomic E-state index is 13.1. The summed E-state index contributed by atoms with van der Waals surface area (Å²) in [4.78, 5) is 14.2. The minimum Gasteiger partial charge on any atom is -0.341 e. The molecule has 1 amide bonds. The highest BCUT2D eigenvalue weighted by Crippen LogP contribution is 2.49. The number of likely N-dealkylation sites (N-methyl/N-ethyl adjacent to an activating group) is 1. The fraction of sp³-hybridized carbons (Fsp3) is 0.316. The van der Waals surface area contributed by atoms with Crippen molar-refractivity contribution >= 4 is 5.91 Å². The summed E-state index contributed by atoms with van der Waals surface area (Å²) in [6.07, 6.45) is -2.95. The molecule has 0 radical (unpaired) electrons. The molecule has 2 nitrogen and oxygen atoms in total. The van der Waals surface area contributed by atoms with Gasteiger partial charge in [-0.1, -0.05) is 48.5 Å². The van der Waals surface area contributed by atoms with E-state index in [2.05, 4.69) is 0 Å². The molecule has 126 valence electrons. The smallest absolute Gasteiger partial charge is 0.341 e. The quantitative estimate of drug-likeness (QED) is 0.812. The highest BCUT2D eigenvalue weighted by molar-refractivity contribution is 5.91. The molecular formula is C19H18F3NO. The van der Waals surface area contributed by atoms with Crippen LogP contribution >= 0.6 is 0 Å². The first-order valence-electron chi connectivity index (χ1n) is 7.81. The zero-order chi connectivity index (χ0) is 17.4. The second-order valence-corrected chi connectivity index (χ2v) is 6.26. The van der Waals surface area contributed by atoms with E-state index < -0.39 is 17.2 Å². The van der Waals surface area contributed by atoms with E-state index in [9.17, 15) is 18.0 Å². The highest BCUT2D eigenvalue weighted by Gasteiger charge is 2.52. The number of nitrogens with zero attached hydrogens (tertiary/aromatic N) is 1.